The molecule has 0 spiro atoms. The van der Waals surface area contributed by atoms with Crippen LogP contribution in [0.1, 0.15) is 49.0 Å². The van der Waals surface area contributed by atoms with Gasteiger partial charge in [-0.25, -0.2) is 0 Å². The molecular weight excluding hydrogens is 342 g/mol. The highest BCUT2D eigenvalue weighted by Gasteiger charge is 2.37. The Balaban J connectivity index is 1.34. The topological polar surface area (TPSA) is 68.5 Å². The molecule has 1 saturated heterocycles. The van der Waals surface area contributed by atoms with E-state index in [4.69, 9.17) is 9.26 Å². The lowest BCUT2D eigenvalue weighted by atomic mass is 10.1. The molecule has 4 rings (SSSR count). The summed E-state index contributed by atoms with van der Waals surface area (Å²) in [7, 11) is 0. The van der Waals surface area contributed by atoms with Crippen molar-refractivity contribution in [3.8, 4) is 5.75 Å². The predicted octanol–water partition coefficient (Wildman–Crippen LogP) is 3.63. The normalized spacial score (nSPS) is 19.7. The van der Waals surface area contributed by atoms with Crippen LogP contribution in [0.2, 0.25) is 0 Å². The standard InChI is InChI=1S/C21H25N3O3/c1-15-6-4-9-17(14-15)26-13-11-19-22-20(27-23-19)18-10-5-12-24(18)21(25)16-7-2-3-8-16/h2-4,6,9,14,16,18H,5,7-8,10-13H2,1H3. The number of carbonyl (C=O) groups is 1. The summed E-state index contributed by atoms with van der Waals surface area (Å²) in [5, 5.41) is 4.08. The van der Waals surface area contributed by atoms with Crippen LogP contribution in [0.3, 0.4) is 0 Å². The first-order chi connectivity index (χ1) is 13.2. The van der Waals surface area contributed by atoms with Crippen molar-refractivity contribution < 1.29 is 14.1 Å². The molecule has 1 aromatic carbocycles. The molecule has 27 heavy (non-hydrogen) atoms. The van der Waals surface area contributed by atoms with Crippen LogP contribution < -0.4 is 4.74 Å². The zero-order valence-electron chi connectivity index (χ0n) is 15.6. The number of nitrogens with zero attached hydrogens (tertiary/aromatic N) is 3. The average molecular weight is 367 g/mol. The lowest BCUT2D eigenvalue weighted by Gasteiger charge is -2.24. The molecule has 1 aliphatic carbocycles. The minimum atomic E-state index is -0.0861. The fourth-order valence-electron chi connectivity index (χ4n) is 3.81. The second-order valence-corrected chi connectivity index (χ2v) is 7.29. The van der Waals surface area contributed by atoms with Crippen LogP contribution in [0.15, 0.2) is 40.9 Å². The molecule has 1 atom stereocenters. The van der Waals surface area contributed by atoms with E-state index in [9.17, 15) is 4.79 Å². The fourth-order valence-corrected chi connectivity index (χ4v) is 3.81. The number of allylic oxidation sites excluding steroid dienone is 2. The first kappa shape index (κ1) is 17.8. The molecule has 1 fully saturated rings. The van der Waals surface area contributed by atoms with E-state index in [-0.39, 0.29) is 17.9 Å². The van der Waals surface area contributed by atoms with Gasteiger partial charge in [0.2, 0.25) is 11.8 Å². The molecule has 142 valence electrons. The smallest absolute Gasteiger partial charge is 0.249 e. The van der Waals surface area contributed by atoms with Gasteiger partial charge in [-0.3, -0.25) is 4.79 Å². The minimum Gasteiger partial charge on any atom is -0.493 e. The van der Waals surface area contributed by atoms with Gasteiger partial charge in [0.15, 0.2) is 5.82 Å². The Hall–Kier alpha value is -2.63. The van der Waals surface area contributed by atoms with Gasteiger partial charge in [0, 0.05) is 18.9 Å². The van der Waals surface area contributed by atoms with Crippen molar-refractivity contribution in [1.29, 1.82) is 0 Å². The summed E-state index contributed by atoms with van der Waals surface area (Å²) in [5.41, 5.74) is 1.16. The maximum atomic E-state index is 12.8. The van der Waals surface area contributed by atoms with E-state index in [0.29, 0.717) is 24.7 Å². The maximum absolute atomic E-state index is 12.8. The fraction of sp³-hybridized carbons (Fsp3) is 0.476. The van der Waals surface area contributed by atoms with Crippen LogP contribution in [0.25, 0.3) is 0 Å². The van der Waals surface area contributed by atoms with Crippen LogP contribution in [-0.2, 0) is 11.2 Å². The number of benzene rings is 1. The molecule has 6 heteroatoms. The molecule has 1 aromatic heterocycles. The van der Waals surface area contributed by atoms with Gasteiger partial charge in [-0.1, -0.05) is 29.4 Å². The van der Waals surface area contributed by atoms with Gasteiger partial charge in [-0.2, -0.15) is 4.98 Å². The van der Waals surface area contributed by atoms with Crippen molar-refractivity contribution in [3.63, 3.8) is 0 Å². The average Bonchev–Trinajstić information content (AvgIpc) is 3.42. The highest BCUT2D eigenvalue weighted by molar-refractivity contribution is 5.80. The zero-order valence-corrected chi connectivity index (χ0v) is 15.6. The Labute approximate surface area is 159 Å². The summed E-state index contributed by atoms with van der Waals surface area (Å²) < 4.78 is 11.2. The van der Waals surface area contributed by atoms with Gasteiger partial charge in [-0.05, 0) is 50.3 Å². The van der Waals surface area contributed by atoms with Crippen molar-refractivity contribution in [2.45, 2.75) is 45.1 Å². The number of hydrogen-bond donors (Lipinski definition) is 0. The third kappa shape index (κ3) is 4.04. The monoisotopic (exact) mass is 367 g/mol. The molecule has 2 aliphatic rings. The number of aromatic nitrogens is 2. The number of aryl methyl sites for hydroxylation is 1. The van der Waals surface area contributed by atoms with Crippen LogP contribution in [0.5, 0.6) is 5.75 Å². The Kier molecular flexibility index (Phi) is 5.23. The van der Waals surface area contributed by atoms with Crippen LogP contribution in [-0.4, -0.2) is 34.1 Å². The predicted molar refractivity (Wildman–Crippen MR) is 100 cm³/mol. The molecule has 6 nitrogen and oxygen atoms in total. The molecular formula is C21H25N3O3. The van der Waals surface area contributed by atoms with E-state index >= 15 is 0 Å². The first-order valence-electron chi connectivity index (χ1n) is 9.68. The van der Waals surface area contributed by atoms with Crippen molar-refractivity contribution in [3.05, 3.63) is 53.7 Å². The number of amides is 1. The van der Waals surface area contributed by atoms with Gasteiger partial charge in [0.1, 0.15) is 11.8 Å². The molecule has 0 bridgehead atoms. The van der Waals surface area contributed by atoms with E-state index in [2.05, 4.69) is 22.3 Å². The summed E-state index contributed by atoms with van der Waals surface area (Å²) in [5.74, 6) is 2.31. The van der Waals surface area contributed by atoms with Gasteiger partial charge < -0.3 is 14.2 Å². The van der Waals surface area contributed by atoms with E-state index in [1.807, 2.05) is 36.1 Å². The summed E-state index contributed by atoms with van der Waals surface area (Å²) in [6, 6.07) is 7.87. The molecule has 0 saturated carbocycles. The second kappa shape index (κ2) is 7.94. The van der Waals surface area contributed by atoms with E-state index in [1.54, 1.807) is 0 Å². The number of likely N-dealkylation sites (tertiary alicyclic amines) is 1. The van der Waals surface area contributed by atoms with Crippen molar-refractivity contribution in [1.82, 2.24) is 15.0 Å². The largest absolute Gasteiger partial charge is 0.493 e. The molecule has 1 amide bonds. The molecule has 0 radical (unpaired) electrons. The van der Waals surface area contributed by atoms with Crippen LogP contribution >= 0.6 is 0 Å². The third-order valence-electron chi connectivity index (χ3n) is 5.25. The highest BCUT2D eigenvalue weighted by atomic mass is 16.5. The molecule has 1 unspecified atom stereocenters. The lowest BCUT2D eigenvalue weighted by molar-refractivity contribution is -0.136. The minimum absolute atomic E-state index is 0.0794. The Morgan fingerprint density at radius 3 is 3.00 bits per heavy atom. The molecule has 0 N–H and O–H groups in total. The van der Waals surface area contributed by atoms with Gasteiger partial charge in [0.25, 0.3) is 0 Å². The number of hydrogen-bond acceptors (Lipinski definition) is 5. The Bertz CT molecular complexity index is 822. The van der Waals surface area contributed by atoms with Gasteiger partial charge in [-0.15, -0.1) is 0 Å². The van der Waals surface area contributed by atoms with Gasteiger partial charge in [0.05, 0.1) is 6.61 Å². The molecule has 2 heterocycles. The van der Waals surface area contributed by atoms with Crippen LogP contribution in [0, 0.1) is 12.8 Å². The Morgan fingerprint density at radius 1 is 1.33 bits per heavy atom. The molecule has 1 aliphatic heterocycles. The quantitative estimate of drug-likeness (QED) is 0.729. The summed E-state index contributed by atoms with van der Waals surface area (Å²) in [4.78, 5) is 19.2. The zero-order chi connectivity index (χ0) is 18.6. The van der Waals surface area contributed by atoms with E-state index in [1.165, 1.54) is 0 Å². The molecule has 2 aromatic rings. The lowest BCUT2D eigenvalue weighted by Crippen LogP contribution is -2.35. The van der Waals surface area contributed by atoms with E-state index in [0.717, 1.165) is 43.5 Å². The summed E-state index contributed by atoms with van der Waals surface area (Å²) in [6.45, 7) is 3.30. The van der Waals surface area contributed by atoms with Crippen LogP contribution in [0.4, 0.5) is 0 Å². The number of carbonyl (C=O) groups excluding carboxylic acids is 1. The van der Waals surface area contributed by atoms with E-state index < -0.39 is 0 Å². The summed E-state index contributed by atoms with van der Waals surface area (Å²) in [6.07, 6.45) is 8.29. The number of ether oxygens (including phenoxy) is 1. The third-order valence-corrected chi connectivity index (χ3v) is 5.25. The van der Waals surface area contributed by atoms with Crippen molar-refractivity contribution >= 4 is 5.91 Å². The second-order valence-electron chi connectivity index (χ2n) is 7.29. The van der Waals surface area contributed by atoms with Crippen molar-refractivity contribution in [2.24, 2.45) is 5.92 Å². The van der Waals surface area contributed by atoms with Gasteiger partial charge >= 0.3 is 0 Å². The SMILES string of the molecule is Cc1cccc(OCCc2noc(C3CCCN3C(=O)C3CC=CC3)n2)c1. The number of rotatable bonds is 6. The van der Waals surface area contributed by atoms with Crippen molar-refractivity contribution in [2.75, 3.05) is 13.2 Å². The Morgan fingerprint density at radius 2 is 2.19 bits per heavy atom. The maximum Gasteiger partial charge on any atom is 0.249 e. The first-order valence-corrected chi connectivity index (χ1v) is 9.68. The highest BCUT2D eigenvalue weighted by Crippen LogP contribution is 2.34. The summed E-state index contributed by atoms with van der Waals surface area (Å²) >= 11 is 0.